The van der Waals surface area contributed by atoms with Gasteiger partial charge in [0.2, 0.25) is 11.6 Å². The Hall–Kier alpha value is -3.57. The molecule has 0 radical (unpaired) electrons. The first-order valence-corrected chi connectivity index (χ1v) is 9.29. The first-order chi connectivity index (χ1) is 13.7. The van der Waals surface area contributed by atoms with Crippen LogP contribution in [-0.4, -0.2) is 29.6 Å². The molecule has 7 nitrogen and oxygen atoms in total. The molecule has 4 rings (SSSR count). The Morgan fingerprint density at radius 1 is 0.893 bits per heavy atom. The molecule has 0 aromatic heterocycles. The molecule has 0 spiro atoms. The van der Waals surface area contributed by atoms with E-state index in [2.05, 4.69) is 15.3 Å². The van der Waals surface area contributed by atoms with Crippen LogP contribution in [0, 0.1) is 0 Å². The number of nitrogens with zero attached hydrogens (tertiary/aromatic N) is 4. The van der Waals surface area contributed by atoms with Crippen molar-refractivity contribution >= 4 is 22.9 Å². The van der Waals surface area contributed by atoms with E-state index < -0.39 is 0 Å². The van der Waals surface area contributed by atoms with Gasteiger partial charge in [-0.15, -0.1) is 0 Å². The predicted octanol–water partition coefficient (Wildman–Crippen LogP) is 4.82. The van der Waals surface area contributed by atoms with Crippen molar-refractivity contribution in [2.24, 2.45) is 5.11 Å². The van der Waals surface area contributed by atoms with Gasteiger partial charge in [-0.3, -0.25) is 9.59 Å². The molecule has 1 saturated heterocycles. The van der Waals surface area contributed by atoms with Crippen molar-refractivity contribution < 1.29 is 9.59 Å². The van der Waals surface area contributed by atoms with E-state index in [1.54, 1.807) is 48.5 Å². The maximum Gasteiger partial charge on any atom is 0.212 e. The van der Waals surface area contributed by atoms with Crippen molar-refractivity contribution in [1.29, 1.82) is 0 Å². The number of nitrogens with one attached hydrogen (secondary N) is 1. The van der Waals surface area contributed by atoms with Gasteiger partial charge in [0.1, 0.15) is 11.4 Å². The molecule has 2 aromatic rings. The van der Waals surface area contributed by atoms with Gasteiger partial charge >= 0.3 is 0 Å². The molecule has 1 fully saturated rings. The van der Waals surface area contributed by atoms with Crippen molar-refractivity contribution in [3.05, 3.63) is 81.5 Å². The van der Waals surface area contributed by atoms with Crippen molar-refractivity contribution in [3.8, 4) is 0 Å². The normalized spacial score (nSPS) is 16.5. The summed E-state index contributed by atoms with van der Waals surface area (Å²) in [6.07, 6.45) is 3.13. The third kappa shape index (κ3) is 3.23. The van der Waals surface area contributed by atoms with Gasteiger partial charge in [-0.1, -0.05) is 41.5 Å². The van der Waals surface area contributed by atoms with E-state index in [1.807, 2.05) is 4.90 Å². The second kappa shape index (κ2) is 7.58. The number of Topliss-reactive ketones (excluding diaryl/α,β-unsaturated/α-hetero) is 2. The minimum atomic E-state index is -0.185. The van der Waals surface area contributed by atoms with E-state index in [9.17, 15) is 9.59 Å². The molecule has 1 aliphatic heterocycles. The smallest absolute Gasteiger partial charge is 0.212 e. The van der Waals surface area contributed by atoms with E-state index in [4.69, 9.17) is 5.53 Å². The van der Waals surface area contributed by atoms with E-state index in [0.717, 1.165) is 32.4 Å². The Labute approximate surface area is 162 Å². The van der Waals surface area contributed by atoms with Crippen LogP contribution in [0.25, 0.3) is 10.4 Å². The van der Waals surface area contributed by atoms with Crippen molar-refractivity contribution in [2.75, 3.05) is 18.4 Å². The molecule has 0 amide bonds. The molecular formula is C21H19N5O2. The maximum absolute atomic E-state index is 13.3. The Morgan fingerprint density at radius 2 is 1.54 bits per heavy atom. The number of rotatable bonds is 4. The SMILES string of the molecule is [N-]=[N+]=Nc1ccc(NC2=C(N3CCCCC3)C(=O)c3ccccc3C2=O)cc1. The lowest BCUT2D eigenvalue weighted by Gasteiger charge is -2.34. The zero-order valence-corrected chi connectivity index (χ0v) is 15.3. The van der Waals surface area contributed by atoms with Gasteiger partial charge in [0.25, 0.3) is 0 Å². The number of azide groups is 1. The van der Waals surface area contributed by atoms with Crippen LogP contribution in [0.2, 0.25) is 0 Å². The van der Waals surface area contributed by atoms with Gasteiger partial charge < -0.3 is 10.2 Å². The van der Waals surface area contributed by atoms with Crippen LogP contribution in [0.5, 0.6) is 0 Å². The number of ketones is 2. The van der Waals surface area contributed by atoms with Gasteiger partial charge in [-0.05, 0) is 36.9 Å². The molecule has 0 unspecified atom stereocenters. The predicted molar refractivity (Wildman–Crippen MR) is 106 cm³/mol. The fourth-order valence-corrected chi connectivity index (χ4v) is 3.71. The Balaban J connectivity index is 1.77. The fraction of sp³-hybridized carbons (Fsp3) is 0.238. The third-order valence-corrected chi connectivity index (χ3v) is 5.06. The van der Waals surface area contributed by atoms with E-state index in [0.29, 0.717) is 33.9 Å². The molecule has 7 heteroatoms. The molecule has 2 aliphatic rings. The van der Waals surface area contributed by atoms with Crippen molar-refractivity contribution in [1.82, 2.24) is 4.90 Å². The highest BCUT2D eigenvalue weighted by Crippen LogP contribution is 2.31. The lowest BCUT2D eigenvalue weighted by molar-refractivity contribution is 0.0935. The number of fused-ring (bicyclic) bond motifs is 1. The van der Waals surface area contributed by atoms with Crippen LogP contribution in [0.1, 0.15) is 40.0 Å². The molecule has 0 bridgehead atoms. The van der Waals surface area contributed by atoms with Gasteiger partial charge in [-0.25, -0.2) is 0 Å². The first-order valence-electron chi connectivity index (χ1n) is 9.29. The number of carbonyl (C=O) groups is 2. The summed E-state index contributed by atoms with van der Waals surface area (Å²) in [6, 6.07) is 13.7. The van der Waals surface area contributed by atoms with Gasteiger partial charge in [-0.2, -0.15) is 0 Å². The second-order valence-corrected chi connectivity index (χ2v) is 6.84. The van der Waals surface area contributed by atoms with Crippen molar-refractivity contribution in [3.63, 3.8) is 0 Å². The summed E-state index contributed by atoms with van der Waals surface area (Å²) >= 11 is 0. The van der Waals surface area contributed by atoms with E-state index in [-0.39, 0.29) is 11.6 Å². The topological polar surface area (TPSA) is 98.2 Å². The molecule has 0 atom stereocenters. The quantitative estimate of drug-likeness (QED) is 0.472. The van der Waals surface area contributed by atoms with Gasteiger partial charge in [0.15, 0.2) is 0 Å². The first kappa shape index (κ1) is 17.8. The molecule has 1 aliphatic carbocycles. The average molecular weight is 373 g/mol. The van der Waals surface area contributed by atoms with Crippen LogP contribution >= 0.6 is 0 Å². The van der Waals surface area contributed by atoms with Crippen LogP contribution in [0.15, 0.2) is 65.0 Å². The molecule has 1 N–H and O–H groups in total. The number of hydrogen-bond donors (Lipinski definition) is 1. The summed E-state index contributed by atoms with van der Waals surface area (Å²) in [5, 5.41) is 6.70. The van der Waals surface area contributed by atoms with Crippen LogP contribution in [0.4, 0.5) is 11.4 Å². The number of anilines is 1. The number of carbonyl (C=O) groups excluding carboxylic acids is 2. The zero-order valence-electron chi connectivity index (χ0n) is 15.3. The lowest BCUT2D eigenvalue weighted by atomic mass is 9.89. The summed E-state index contributed by atoms with van der Waals surface area (Å²) in [5.74, 6) is -0.305. The molecule has 0 saturated carbocycles. The molecule has 2 aromatic carbocycles. The number of hydrogen-bond acceptors (Lipinski definition) is 5. The summed E-state index contributed by atoms with van der Waals surface area (Å²) in [7, 11) is 0. The Kier molecular flexibility index (Phi) is 4.83. The summed E-state index contributed by atoms with van der Waals surface area (Å²) in [5.41, 5.74) is 11.3. The highest BCUT2D eigenvalue weighted by Gasteiger charge is 2.35. The fourth-order valence-electron chi connectivity index (χ4n) is 3.71. The average Bonchev–Trinajstić information content (AvgIpc) is 2.74. The minimum absolute atomic E-state index is 0.120. The Bertz CT molecular complexity index is 1010. The molecule has 1 heterocycles. The summed E-state index contributed by atoms with van der Waals surface area (Å²) in [6.45, 7) is 1.52. The number of allylic oxidation sites excluding steroid dienone is 2. The van der Waals surface area contributed by atoms with Gasteiger partial charge in [0.05, 0.1) is 0 Å². The number of likely N-dealkylation sites (tertiary alicyclic amines) is 1. The highest BCUT2D eigenvalue weighted by atomic mass is 16.1. The highest BCUT2D eigenvalue weighted by molar-refractivity contribution is 6.27. The van der Waals surface area contributed by atoms with E-state index in [1.165, 1.54) is 0 Å². The minimum Gasteiger partial charge on any atom is -0.367 e. The molecular weight excluding hydrogens is 354 g/mol. The number of benzene rings is 2. The lowest BCUT2D eigenvalue weighted by Crippen LogP contribution is -2.39. The standard InChI is InChI=1S/C21H19N5O2/c22-25-24-15-10-8-14(9-11-15)23-18-19(26-12-4-1-5-13-26)21(28)17-7-3-2-6-16(17)20(18)27/h2-3,6-11,23H,1,4-5,12-13H2. The van der Waals surface area contributed by atoms with Crippen molar-refractivity contribution in [2.45, 2.75) is 19.3 Å². The zero-order chi connectivity index (χ0) is 19.5. The van der Waals surface area contributed by atoms with Crippen LogP contribution in [-0.2, 0) is 0 Å². The largest absolute Gasteiger partial charge is 0.367 e. The summed E-state index contributed by atoms with van der Waals surface area (Å²) < 4.78 is 0. The van der Waals surface area contributed by atoms with E-state index >= 15 is 0 Å². The Morgan fingerprint density at radius 3 is 2.18 bits per heavy atom. The monoisotopic (exact) mass is 373 g/mol. The molecule has 28 heavy (non-hydrogen) atoms. The van der Waals surface area contributed by atoms with Crippen LogP contribution in [0.3, 0.4) is 0 Å². The number of piperidine rings is 1. The second-order valence-electron chi connectivity index (χ2n) is 6.84. The van der Waals surface area contributed by atoms with Gasteiger partial charge in [0, 0.05) is 40.5 Å². The third-order valence-electron chi connectivity index (χ3n) is 5.06. The summed E-state index contributed by atoms with van der Waals surface area (Å²) in [4.78, 5) is 31.3. The maximum atomic E-state index is 13.3. The van der Waals surface area contributed by atoms with Crippen LogP contribution < -0.4 is 5.32 Å². The molecule has 140 valence electrons.